The molecular formula is C14H17N5O. The number of nitrogens with one attached hydrogen (secondary N) is 2. The van der Waals surface area contributed by atoms with Gasteiger partial charge in [0.2, 0.25) is 0 Å². The molecule has 2 N–H and O–H groups in total. The molecule has 0 radical (unpaired) electrons. The van der Waals surface area contributed by atoms with Crippen LogP contribution in [0.15, 0.2) is 35.4 Å². The van der Waals surface area contributed by atoms with Gasteiger partial charge in [-0.15, -0.1) is 0 Å². The molecule has 6 heteroatoms. The summed E-state index contributed by atoms with van der Waals surface area (Å²) in [6, 6.07) is 8.81. The number of benzene rings is 1. The van der Waals surface area contributed by atoms with Crippen LogP contribution in [0.25, 0.3) is 0 Å². The van der Waals surface area contributed by atoms with Gasteiger partial charge in [0.25, 0.3) is 0 Å². The summed E-state index contributed by atoms with van der Waals surface area (Å²) in [7, 11) is 1.87. The first kappa shape index (κ1) is 13.8. The van der Waals surface area contributed by atoms with Crippen LogP contribution in [0, 0.1) is 13.8 Å². The Labute approximate surface area is 117 Å². The van der Waals surface area contributed by atoms with Crippen LogP contribution in [0.1, 0.15) is 17.0 Å². The Morgan fingerprint density at radius 2 is 2.00 bits per heavy atom. The highest BCUT2D eigenvalue weighted by Crippen LogP contribution is 2.08. The smallest absolute Gasteiger partial charge is 0.307 e. The normalized spacial score (nSPS) is 10.8. The molecule has 2 aromatic rings. The summed E-state index contributed by atoms with van der Waals surface area (Å²) in [4.78, 5) is 11.6. The van der Waals surface area contributed by atoms with Crippen LogP contribution in [0.4, 0.5) is 10.5 Å². The Hall–Kier alpha value is -2.63. The van der Waals surface area contributed by atoms with E-state index >= 15 is 0 Å². The standard InChI is InChI=1S/C14H17N5O/c1-10-13(11(2)19(3)18-10)9-15-17-14(20)16-12-7-5-4-6-8-12/h4-9H,1-3H3,(H2,16,17,20)/b15-9-. The second kappa shape index (κ2) is 6.01. The molecule has 0 aliphatic heterocycles. The lowest BCUT2D eigenvalue weighted by molar-refractivity contribution is 0.252. The van der Waals surface area contributed by atoms with E-state index in [1.165, 1.54) is 0 Å². The van der Waals surface area contributed by atoms with Gasteiger partial charge in [0.1, 0.15) is 0 Å². The minimum atomic E-state index is -0.383. The van der Waals surface area contributed by atoms with Gasteiger partial charge in [-0.25, -0.2) is 10.2 Å². The second-order valence-corrected chi connectivity index (χ2v) is 4.40. The van der Waals surface area contributed by atoms with Crippen molar-refractivity contribution in [2.75, 3.05) is 5.32 Å². The largest absolute Gasteiger partial charge is 0.339 e. The quantitative estimate of drug-likeness (QED) is 0.663. The highest BCUT2D eigenvalue weighted by atomic mass is 16.2. The fourth-order valence-electron chi connectivity index (χ4n) is 1.81. The minimum Gasteiger partial charge on any atom is -0.307 e. The van der Waals surface area contributed by atoms with Crippen LogP contribution < -0.4 is 10.7 Å². The molecule has 0 atom stereocenters. The molecule has 1 aromatic heterocycles. The Bertz CT molecular complexity index is 631. The lowest BCUT2D eigenvalue weighted by atomic mass is 10.2. The SMILES string of the molecule is Cc1nn(C)c(C)c1/C=N\NC(=O)Nc1ccccc1. The van der Waals surface area contributed by atoms with E-state index in [2.05, 4.69) is 20.9 Å². The Morgan fingerprint density at radius 3 is 2.60 bits per heavy atom. The average molecular weight is 271 g/mol. The lowest BCUT2D eigenvalue weighted by Crippen LogP contribution is -2.24. The van der Waals surface area contributed by atoms with Crippen LogP contribution in [0.2, 0.25) is 0 Å². The van der Waals surface area contributed by atoms with E-state index < -0.39 is 0 Å². The number of nitrogens with zero attached hydrogens (tertiary/aromatic N) is 3. The summed E-state index contributed by atoms with van der Waals surface area (Å²) < 4.78 is 1.78. The van der Waals surface area contributed by atoms with E-state index in [4.69, 9.17) is 0 Å². The van der Waals surface area contributed by atoms with Gasteiger partial charge in [-0.3, -0.25) is 4.68 Å². The number of carbonyl (C=O) groups excluding carboxylic acids is 1. The molecule has 2 amide bonds. The van der Waals surface area contributed by atoms with Crippen molar-refractivity contribution in [1.82, 2.24) is 15.2 Å². The number of aryl methyl sites for hydroxylation is 2. The number of anilines is 1. The number of hydrogen-bond donors (Lipinski definition) is 2. The maximum Gasteiger partial charge on any atom is 0.339 e. The number of rotatable bonds is 3. The molecule has 0 aliphatic rings. The first-order valence-corrected chi connectivity index (χ1v) is 6.23. The summed E-state index contributed by atoms with van der Waals surface area (Å²) in [5.74, 6) is 0. The molecule has 0 spiro atoms. The molecule has 0 bridgehead atoms. The van der Waals surface area contributed by atoms with Crippen LogP contribution >= 0.6 is 0 Å². The van der Waals surface area contributed by atoms with Crippen molar-refractivity contribution in [1.29, 1.82) is 0 Å². The zero-order valence-electron chi connectivity index (χ0n) is 11.7. The average Bonchev–Trinajstić information content (AvgIpc) is 2.66. The molecular weight excluding hydrogens is 254 g/mol. The molecule has 0 saturated carbocycles. The van der Waals surface area contributed by atoms with E-state index in [-0.39, 0.29) is 6.03 Å². The summed E-state index contributed by atoms with van der Waals surface area (Å²) in [5.41, 5.74) is 5.92. The maximum atomic E-state index is 11.6. The van der Waals surface area contributed by atoms with Gasteiger partial charge in [0.05, 0.1) is 11.9 Å². The van der Waals surface area contributed by atoms with Crippen molar-refractivity contribution in [2.45, 2.75) is 13.8 Å². The van der Waals surface area contributed by atoms with Crippen molar-refractivity contribution < 1.29 is 4.79 Å². The third-order valence-electron chi connectivity index (χ3n) is 2.96. The van der Waals surface area contributed by atoms with Crippen LogP contribution in [0.5, 0.6) is 0 Å². The van der Waals surface area contributed by atoms with Crippen molar-refractivity contribution in [3.8, 4) is 0 Å². The Kier molecular flexibility index (Phi) is 4.14. The Balaban J connectivity index is 1.95. The molecule has 1 heterocycles. The van der Waals surface area contributed by atoms with Crippen molar-refractivity contribution in [3.63, 3.8) is 0 Å². The molecule has 0 unspecified atom stereocenters. The van der Waals surface area contributed by atoms with Crippen LogP contribution in [0.3, 0.4) is 0 Å². The van der Waals surface area contributed by atoms with Gasteiger partial charge in [0, 0.05) is 24.0 Å². The molecule has 0 aliphatic carbocycles. The van der Waals surface area contributed by atoms with E-state index in [1.807, 2.05) is 39.1 Å². The topological polar surface area (TPSA) is 71.3 Å². The first-order chi connectivity index (χ1) is 9.58. The lowest BCUT2D eigenvalue weighted by Gasteiger charge is -2.03. The molecule has 6 nitrogen and oxygen atoms in total. The van der Waals surface area contributed by atoms with Gasteiger partial charge in [0.15, 0.2) is 0 Å². The molecule has 20 heavy (non-hydrogen) atoms. The van der Waals surface area contributed by atoms with E-state index in [0.717, 1.165) is 17.0 Å². The van der Waals surface area contributed by atoms with E-state index in [0.29, 0.717) is 5.69 Å². The maximum absolute atomic E-state index is 11.6. The van der Waals surface area contributed by atoms with E-state index in [1.54, 1.807) is 23.0 Å². The number of hydrazone groups is 1. The van der Waals surface area contributed by atoms with Gasteiger partial charge in [-0.05, 0) is 26.0 Å². The van der Waals surface area contributed by atoms with Gasteiger partial charge >= 0.3 is 6.03 Å². The predicted molar refractivity (Wildman–Crippen MR) is 78.9 cm³/mol. The number of carbonyl (C=O) groups is 1. The highest BCUT2D eigenvalue weighted by molar-refractivity contribution is 5.90. The number of hydrogen-bond acceptors (Lipinski definition) is 3. The summed E-state index contributed by atoms with van der Waals surface area (Å²) >= 11 is 0. The minimum absolute atomic E-state index is 0.383. The number of amides is 2. The van der Waals surface area contributed by atoms with Crippen molar-refractivity contribution in [2.24, 2.45) is 12.1 Å². The third kappa shape index (κ3) is 3.23. The summed E-state index contributed by atoms with van der Waals surface area (Å²) in [6.45, 7) is 3.85. The zero-order chi connectivity index (χ0) is 14.5. The number of aromatic nitrogens is 2. The molecule has 104 valence electrons. The summed E-state index contributed by atoms with van der Waals surface area (Å²) in [5, 5.41) is 10.9. The van der Waals surface area contributed by atoms with Crippen molar-refractivity contribution >= 4 is 17.9 Å². The molecule has 0 fully saturated rings. The number of para-hydroxylation sites is 1. The first-order valence-electron chi connectivity index (χ1n) is 6.23. The van der Waals surface area contributed by atoms with Crippen molar-refractivity contribution in [3.05, 3.63) is 47.3 Å². The van der Waals surface area contributed by atoms with Gasteiger partial charge in [-0.2, -0.15) is 10.2 Å². The Morgan fingerprint density at radius 1 is 1.30 bits per heavy atom. The van der Waals surface area contributed by atoms with Crippen LogP contribution in [-0.4, -0.2) is 22.0 Å². The van der Waals surface area contributed by atoms with E-state index in [9.17, 15) is 4.79 Å². The third-order valence-corrected chi connectivity index (χ3v) is 2.96. The van der Waals surface area contributed by atoms with Gasteiger partial charge < -0.3 is 5.32 Å². The van der Waals surface area contributed by atoms with Crippen LogP contribution in [-0.2, 0) is 7.05 Å². The molecule has 2 rings (SSSR count). The molecule has 0 saturated heterocycles. The zero-order valence-corrected chi connectivity index (χ0v) is 11.7. The summed E-state index contributed by atoms with van der Waals surface area (Å²) in [6.07, 6.45) is 1.60. The van der Waals surface area contributed by atoms with Gasteiger partial charge in [-0.1, -0.05) is 18.2 Å². The molecule has 1 aromatic carbocycles. The predicted octanol–water partition coefficient (Wildman–Crippen LogP) is 2.19. The second-order valence-electron chi connectivity index (χ2n) is 4.40. The fraction of sp³-hybridized carbons (Fsp3) is 0.214. The highest BCUT2D eigenvalue weighted by Gasteiger charge is 2.06. The fourth-order valence-corrected chi connectivity index (χ4v) is 1.81. The number of urea groups is 1. The monoisotopic (exact) mass is 271 g/mol.